The Bertz CT molecular complexity index is 925. The van der Waals surface area contributed by atoms with E-state index in [0.717, 1.165) is 14.0 Å². The number of carbonyl (C=O) groups is 3. The number of hydrogen-bond acceptors (Lipinski definition) is 10. The molecule has 1 aromatic rings. The lowest BCUT2D eigenvalue weighted by Crippen LogP contribution is -2.77. The van der Waals surface area contributed by atoms with Crippen LogP contribution in [0, 0.1) is 0 Å². The first-order valence-corrected chi connectivity index (χ1v) is 10.3. The van der Waals surface area contributed by atoms with E-state index in [4.69, 9.17) is 17.7 Å². The van der Waals surface area contributed by atoms with Crippen molar-refractivity contribution in [1.82, 2.24) is 14.9 Å². The minimum absolute atomic E-state index is 0.118. The van der Waals surface area contributed by atoms with Crippen LogP contribution in [-0.4, -0.2) is 60.4 Å². The predicted octanol–water partition coefficient (Wildman–Crippen LogP) is -0.579. The standard InChI is InChI=1S/C15H19N3O9S3/c1-8(19)16-11(12(27-29)9-3-5-10(26-28)6-4-9)13(20)17-15(25-2)7-18(14(15)21)30(22,23)24/h3-6,11-12,28-29H,7H2,1-2H3,(H,16,19)(H,17,20)(H,22,23,24). The molecule has 0 saturated carbocycles. The molecule has 0 radical (unpaired) electrons. The molecule has 3 unspecified atom stereocenters. The summed E-state index contributed by atoms with van der Waals surface area (Å²) < 4.78 is 46.3. The first kappa shape index (κ1) is 24.2. The van der Waals surface area contributed by atoms with Gasteiger partial charge in [-0.1, -0.05) is 12.1 Å². The van der Waals surface area contributed by atoms with Crippen molar-refractivity contribution in [3.05, 3.63) is 29.8 Å². The molecule has 1 aliphatic rings. The molecule has 3 N–H and O–H groups in total. The van der Waals surface area contributed by atoms with Gasteiger partial charge in [0.15, 0.2) is 0 Å². The van der Waals surface area contributed by atoms with Crippen molar-refractivity contribution in [2.75, 3.05) is 13.7 Å². The average Bonchev–Trinajstić information content (AvgIpc) is 2.69. The smallest absolute Gasteiger partial charge is 0.362 e. The lowest BCUT2D eigenvalue weighted by atomic mass is 9.99. The number of carbonyl (C=O) groups excluding carboxylic acids is 3. The first-order valence-electron chi connectivity index (χ1n) is 8.14. The lowest BCUT2D eigenvalue weighted by Gasteiger charge is -2.45. The molecule has 166 valence electrons. The SMILES string of the molecule is COC1(NC(=O)C(NC(C)=O)C(OS)c2ccc(OS)cc2)CN(S(=O)(=O)O)C1=O. The van der Waals surface area contributed by atoms with Gasteiger partial charge in [0.25, 0.3) is 5.91 Å². The van der Waals surface area contributed by atoms with Crippen molar-refractivity contribution in [2.45, 2.75) is 24.8 Å². The van der Waals surface area contributed by atoms with Gasteiger partial charge in [0.05, 0.1) is 6.54 Å². The Labute approximate surface area is 183 Å². The molecule has 2 rings (SSSR count). The molecule has 0 bridgehead atoms. The van der Waals surface area contributed by atoms with Crippen LogP contribution in [0.3, 0.4) is 0 Å². The molecule has 0 aliphatic carbocycles. The maximum Gasteiger partial charge on any atom is 0.362 e. The van der Waals surface area contributed by atoms with Gasteiger partial charge in [-0.05, 0) is 30.6 Å². The Balaban J connectivity index is 2.30. The van der Waals surface area contributed by atoms with E-state index in [9.17, 15) is 22.8 Å². The van der Waals surface area contributed by atoms with Gasteiger partial charge in [-0.15, -0.1) is 0 Å². The summed E-state index contributed by atoms with van der Waals surface area (Å²) in [5.74, 6) is -2.32. The predicted molar refractivity (Wildman–Crippen MR) is 108 cm³/mol. The zero-order valence-corrected chi connectivity index (χ0v) is 18.2. The van der Waals surface area contributed by atoms with Crippen LogP contribution in [0.2, 0.25) is 0 Å². The molecule has 15 heteroatoms. The molecule has 3 atom stereocenters. The molecule has 0 spiro atoms. The third kappa shape index (κ3) is 4.98. The van der Waals surface area contributed by atoms with Crippen LogP contribution in [0.25, 0.3) is 0 Å². The highest BCUT2D eigenvalue weighted by molar-refractivity contribution is 7.84. The van der Waals surface area contributed by atoms with E-state index in [1.807, 2.05) is 0 Å². The number of thiol groups is 2. The van der Waals surface area contributed by atoms with E-state index in [1.54, 1.807) is 0 Å². The second-order valence-electron chi connectivity index (χ2n) is 6.17. The van der Waals surface area contributed by atoms with Crippen LogP contribution in [0.15, 0.2) is 24.3 Å². The van der Waals surface area contributed by atoms with Gasteiger partial charge in [0, 0.05) is 26.9 Å². The maximum absolute atomic E-state index is 12.9. The van der Waals surface area contributed by atoms with E-state index in [1.165, 1.54) is 24.3 Å². The quantitative estimate of drug-likeness (QED) is 0.102. The van der Waals surface area contributed by atoms with Gasteiger partial charge < -0.3 is 23.7 Å². The fourth-order valence-corrected chi connectivity index (χ4v) is 3.81. The number of ether oxygens (including phenoxy) is 1. The van der Waals surface area contributed by atoms with Crippen molar-refractivity contribution >= 4 is 53.8 Å². The van der Waals surface area contributed by atoms with Crippen molar-refractivity contribution in [1.29, 1.82) is 0 Å². The largest absolute Gasteiger partial charge is 0.429 e. The van der Waals surface area contributed by atoms with Crippen molar-refractivity contribution in [2.24, 2.45) is 0 Å². The topological polar surface area (TPSA) is 161 Å². The van der Waals surface area contributed by atoms with Crippen LogP contribution < -0.4 is 14.8 Å². The highest BCUT2D eigenvalue weighted by atomic mass is 32.2. The molecule has 1 aliphatic heterocycles. The van der Waals surface area contributed by atoms with Crippen molar-refractivity contribution in [3.8, 4) is 5.75 Å². The number of hydrogen-bond donors (Lipinski definition) is 5. The van der Waals surface area contributed by atoms with Crippen LogP contribution in [-0.2, 0) is 33.6 Å². The van der Waals surface area contributed by atoms with E-state index in [2.05, 4.69) is 36.5 Å². The second-order valence-corrected chi connectivity index (χ2v) is 7.90. The first-order chi connectivity index (χ1) is 14.0. The van der Waals surface area contributed by atoms with Gasteiger partial charge in [-0.2, -0.15) is 8.42 Å². The molecular weight excluding hydrogens is 462 g/mol. The van der Waals surface area contributed by atoms with Crippen LogP contribution in [0.5, 0.6) is 5.75 Å². The summed E-state index contributed by atoms with van der Waals surface area (Å²) in [6.07, 6.45) is -1.12. The van der Waals surface area contributed by atoms with Crippen LogP contribution >= 0.6 is 25.8 Å². The number of β-lactam (4-membered cyclic amide) rings is 1. The molecule has 1 fully saturated rings. The molecule has 1 heterocycles. The normalized spacial score (nSPS) is 20.7. The second kappa shape index (κ2) is 9.40. The van der Waals surface area contributed by atoms with Crippen molar-refractivity contribution < 1.29 is 40.5 Å². The molecule has 1 aromatic carbocycles. The van der Waals surface area contributed by atoms with Gasteiger partial charge in [0.2, 0.25) is 17.5 Å². The molecule has 12 nitrogen and oxygen atoms in total. The molecular formula is C15H19N3O9S3. The number of benzene rings is 1. The highest BCUT2D eigenvalue weighted by Gasteiger charge is 2.59. The van der Waals surface area contributed by atoms with E-state index in [-0.39, 0.29) is 4.31 Å². The number of amides is 3. The lowest BCUT2D eigenvalue weighted by molar-refractivity contribution is -0.181. The Morgan fingerprint density at radius 2 is 1.87 bits per heavy atom. The summed E-state index contributed by atoms with van der Waals surface area (Å²) >= 11 is 7.45. The Kier molecular flexibility index (Phi) is 7.59. The van der Waals surface area contributed by atoms with Gasteiger partial charge >= 0.3 is 10.3 Å². The molecule has 3 amide bonds. The fourth-order valence-electron chi connectivity index (χ4n) is 2.74. The Hall–Kier alpha value is -2.04. The zero-order chi connectivity index (χ0) is 22.7. The van der Waals surface area contributed by atoms with Gasteiger partial charge in [-0.3, -0.25) is 18.9 Å². The number of nitrogens with one attached hydrogen (secondary N) is 2. The van der Waals surface area contributed by atoms with E-state index < -0.39 is 52.4 Å². The summed E-state index contributed by atoms with van der Waals surface area (Å²) in [4.78, 5) is 36.8. The molecule has 1 saturated heterocycles. The van der Waals surface area contributed by atoms with Crippen molar-refractivity contribution in [3.63, 3.8) is 0 Å². The summed E-state index contributed by atoms with van der Waals surface area (Å²) in [5.41, 5.74) is -1.63. The summed E-state index contributed by atoms with van der Waals surface area (Å²) in [5, 5.41) is 4.64. The summed E-state index contributed by atoms with van der Waals surface area (Å²) in [6.45, 7) is 0.494. The third-order valence-electron chi connectivity index (χ3n) is 4.26. The van der Waals surface area contributed by atoms with Crippen LogP contribution in [0.4, 0.5) is 0 Å². The third-order valence-corrected chi connectivity index (χ3v) is 5.55. The van der Waals surface area contributed by atoms with Crippen LogP contribution in [0.1, 0.15) is 18.6 Å². The Morgan fingerprint density at radius 3 is 2.27 bits per heavy atom. The van der Waals surface area contributed by atoms with E-state index >= 15 is 0 Å². The highest BCUT2D eigenvalue weighted by Crippen LogP contribution is 2.29. The maximum atomic E-state index is 12.9. The Morgan fingerprint density at radius 1 is 1.27 bits per heavy atom. The molecule has 0 aromatic heterocycles. The monoisotopic (exact) mass is 481 g/mol. The zero-order valence-electron chi connectivity index (χ0n) is 15.6. The number of nitrogens with zero attached hydrogens (tertiary/aromatic N) is 1. The number of rotatable bonds is 9. The number of methoxy groups -OCH3 is 1. The summed E-state index contributed by atoms with van der Waals surface area (Å²) in [6, 6.07) is 4.74. The minimum atomic E-state index is -4.81. The summed E-state index contributed by atoms with van der Waals surface area (Å²) in [7, 11) is -3.75. The average molecular weight is 482 g/mol. The van der Waals surface area contributed by atoms with E-state index in [0.29, 0.717) is 11.3 Å². The van der Waals surface area contributed by atoms with Gasteiger partial charge in [0.1, 0.15) is 17.9 Å². The van der Waals surface area contributed by atoms with Gasteiger partial charge in [-0.25, -0.2) is 4.31 Å². The molecule has 30 heavy (non-hydrogen) atoms. The fraction of sp³-hybridized carbons (Fsp3) is 0.400. The minimum Gasteiger partial charge on any atom is -0.429 e.